The molecule has 50 heavy (non-hydrogen) atoms. The maximum absolute atomic E-state index is 12.6. The Bertz CT molecular complexity index is 1210. The van der Waals surface area contributed by atoms with E-state index in [2.05, 4.69) is 44.8 Å². The standard InChI is InChI=1S/C41H72N2O7/c1-10-47-35(37(5,6)45)27-23-26(2)32-33(49-27)34(44)39(8)29-12-11-28-36(3,4)30(13-14-40(28)25-41(29,40)16-15-38(32,39)7)50-31-24-43(20-22-48-31)19-17-42-18-21-46-9/h26-35,42,44-45H,10-25H2,1-9H3/t26-,27-,28+,29+,30+,31+,32+,33+,34+,35+,38-,39-,40-,41+/m1/s1. The third kappa shape index (κ3) is 5.63. The van der Waals surface area contributed by atoms with Crippen LogP contribution in [0.1, 0.15) is 107 Å². The third-order valence-corrected chi connectivity index (χ3v) is 16.7. The van der Waals surface area contributed by atoms with E-state index < -0.39 is 17.8 Å². The summed E-state index contributed by atoms with van der Waals surface area (Å²) in [5, 5.41) is 27.2. The van der Waals surface area contributed by atoms with Crippen molar-refractivity contribution in [2.75, 3.05) is 59.7 Å². The number of hydrogen-bond donors (Lipinski definition) is 3. The normalized spacial score (nSPS) is 48.9. The van der Waals surface area contributed by atoms with Crippen molar-refractivity contribution >= 4 is 0 Å². The molecule has 5 saturated carbocycles. The Balaban J connectivity index is 1.06. The first-order chi connectivity index (χ1) is 23.6. The van der Waals surface area contributed by atoms with Crippen LogP contribution in [0.5, 0.6) is 0 Å². The topological polar surface area (TPSA) is 102 Å². The molecule has 0 aromatic carbocycles. The molecule has 0 radical (unpaired) electrons. The molecular weight excluding hydrogens is 632 g/mol. The van der Waals surface area contributed by atoms with Crippen LogP contribution in [0.25, 0.3) is 0 Å². The second-order valence-electron chi connectivity index (χ2n) is 19.6. The van der Waals surface area contributed by atoms with E-state index in [-0.39, 0.29) is 40.8 Å². The molecule has 0 aromatic heterocycles. The van der Waals surface area contributed by atoms with Gasteiger partial charge in [-0.1, -0.05) is 34.6 Å². The number of hydrogen-bond acceptors (Lipinski definition) is 9. The fourth-order valence-electron chi connectivity index (χ4n) is 14.4. The van der Waals surface area contributed by atoms with Gasteiger partial charge in [-0.15, -0.1) is 0 Å². The number of nitrogens with one attached hydrogen (secondary N) is 1. The minimum absolute atomic E-state index is 0.0170. The van der Waals surface area contributed by atoms with Crippen LogP contribution in [0.3, 0.4) is 0 Å². The largest absolute Gasteiger partial charge is 0.390 e. The Morgan fingerprint density at radius 1 is 1.02 bits per heavy atom. The summed E-state index contributed by atoms with van der Waals surface area (Å²) >= 11 is 0. The fourth-order valence-corrected chi connectivity index (χ4v) is 14.4. The van der Waals surface area contributed by atoms with Gasteiger partial charge in [0.25, 0.3) is 0 Å². The molecular formula is C41H72N2O7. The number of nitrogens with zero attached hydrogens (tertiary/aromatic N) is 1. The quantitative estimate of drug-likeness (QED) is 0.235. The number of rotatable bonds is 12. The number of aliphatic hydroxyl groups excluding tert-OH is 1. The average molecular weight is 705 g/mol. The van der Waals surface area contributed by atoms with Gasteiger partial charge in [-0.2, -0.15) is 0 Å². The third-order valence-electron chi connectivity index (χ3n) is 16.7. The van der Waals surface area contributed by atoms with Crippen molar-refractivity contribution in [2.45, 2.75) is 149 Å². The van der Waals surface area contributed by atoms with Crippen LogP contribution in [0.15, 0.2) is 0 Å². The number of morpholine rings is 1. The molecule has 7 rings (SSSR count). The number of aliphatic hydroxyl groups is 2. The minimum Gasteiger partial charge on any atom is -0.390 e. The van der Waals surface area contributed by atoms with Crippen molar-refractivity contribution < 1.29 is 33.9 Å². The summed E-state index contributed by atoms with van der Waals surface area (Å²) in [5.41, 5.74) is -0.481. The lowest BCUT2D eigenvalue weighted by Crippen LogP contribution is -2.60. The molecule has 0 bridgehead atoms. The molecule has 2 heterocycles. The highest BCUT2D eigenvalue weighted by atomic mass is 16.7. The molecule has 3 N–H and O–H groups in total. The summed E-state index contributed by atoms with van der Waals surface area (Å²) in [7, 11) is 1.75. The smallest absolute Gasteiger partial charge is 0.170 e. The Morgan fingerprint density at radius 2 is 1.76 bits per heavy atom. The van der Waals surface area contributed by atoms with Gasteiger partial charge in [-0.25, -0.2) is 0 Å². The predicted molar refractivity (Wildman–Crippen MR) is 194 cm³/mol. The fraction of sp³-hybridized carbons (Fsp3) is 1.00. The molecule has 7 fully saturated rings. The van der Waals surface area contributed by atoms with Crippen LogP contribution in [0.2, 0.25) is 0 Å². The van der Waals surface area contributed by atoms with Crippen molar-refractivity contribution in [1.29, 1.82) is 0 Å². The van der Waals surface area contributed by atoms with Crippen LogP contribution < -0.4 is 5.32 Å². The lowest BCUT2D eigenvalue weighted by Gasteiger charge is -2.64. The van der Waals surface area contributed by atoms with E-state index in [1.54, 1.807) is 7.11 Å². The van der Waals surface area contributed by atoms with Crippen molar-refractivity contribution in [3.8, 4) is 0 Å². The van der Waals surface area contributed by atoms with Gasteiger partial charge >= 0.3 is 0 Å². The number of ether oxygens (including phenoxy) is 5. The first kappa shape index (κ1) is 37.9. The summed E-state index contributed by atoms with van der Waals surface area (Å²) in [4.78, 5) is 2.48. The average Bonchev–Trinajstić information content (AvgIpc) is 3.69. The van der Waals surface area contributed by atoms with E-state index in [0.29, 0.717) is 41.1 Å². The van der Waals surface area contributed by atoms with Crippen LogP contribution in [0.4, 0.5) is 0 Å². The zero-order valence-electron chi connectivity index (χ0n) is 33.0. The lowest BCUT2D eigenvalue weighted by molar-refractivity contribution is -0.248. The number of fused-ring (bicyclic) bond motifs is 4. The summed E-state index contributed by atoms with van der Waals surface area (Å²) in [5.74, 6) is 1.82. The maximum atomic E-state index is 12.6. The van der Waals surface area contributed by atoms with Crippen molar-refractivity contribution in [3.63, 3.8) is 0 Å². The van der Waals surface area contributed by atoms with Crippen LogP contribution in [-0.2, 0) is 23.7 Å². The second-order valence-corrected chi connectivity index (χ2v) is 19.6. The molecule has 0 aromatic rings. The van der Waals surface area contributed by atoms with E-state index >= 15 is 0 Å². The van der Waals surface area contributed by atoms with Gasteiger partial charge < -0.3 is 39.2 Å². The molecule has 5 aliphatic carbocycles. The van der Waals surface area contributed by atoms with E-state index in [0.717, 1.165) is 65.2 Å². The monoisotopic (exact) mass is 705 g/mol. The zero-order valence-corrected chi connectivity index (χ0v) is 33.0. The maximum Gasteiger partial charge on any atom is 0.170 e. The molecule has 0 unspecified atom stereocenters. The summed E-state index contributed by atoms with van der Waals surface area (Å²) in [6.45, 7) is 24.6. The van der Waals surface area contributed by atoms with Gasteiger partial charge in [0.1, 0.15) is 6.10 Å². The van der Waals surface area contributed by atoms with Gasteiger partial charge in [0.2, 0.25) is 0 Å². The predicted octanol–water partition coefficient (Wildman–Crippen LogP) is 5.26. The SMILES string of the molecule is CCO[C@@H]([C@H]1C[C@@H](C)[C@H]2[C@H](O1)[C@H](O)[C@@]1(C)[C@@H]3CC[C@H]4C(C)(C)[C@@H](O[C@H]5CN(CCNCCOC)CCO5)CC[C@@]45C[C@@]35CC[C@]21C)C(C)(C)O. The molecule has 2 spiro atoms. The van der Waals surface area contributed by atoms with Gasteiger partial charge in [0, 0.05) is 51.9 Å². The Labute approximate surface area is 303 Å². The van der Waals surface area contributed by atoms with Crippen LogP contribution in [0, 0.1) is 50.7 Å². The lowest BCUT2D eigenvalue weighted by atomic mass is 9.41. The Morgan fingerprint density at radius 3 is 2.48 bits per heavy atom. The van der Waals surface area contributed by atoms with E-state index in [9.17, 15) is 10.2 Å². The molecule has 14 atom stereocenters. The van der Waals surface area contributed by atoms with E-state index in [1.165, 1.54) is 32.1 Å². The highest BCUT2D eigenvalue weighted by Crippen LogP contribution is 2.89. The van der Waals surface area contributed by atoms with Crippen molar-refractivity contribution in [2.24, 2.45) is 50.7 Å². The van der Waals surface area contributed by atoms with Gasteiger partial charge in [-0.05, 0) is 117 Å². The summed E-state index contributed by atoms with van der Waals surface area (Å²) in [6, 6.07) is 0. The Kier molecular flexibility index (Phi) is 10.2. The molecule has 288 valence electrons. The zero-order chi connectivity index (χ0) is 35.9. The van der Waals surface area contributed by atoms with Crippen molar-refractivity contribution in [1.82, 2.24) is 10.2 Å². The molecule has 0 amide bonds. The Hall–Kier alpha value is -0.360. The molecule has 9 nitrogen and oxygen atoms in total. The molecule has 9 heteroatoms. The van der Waals surface area contributed by atoms with E-state index in [4.69, 9.17) is 23.7 Å². The molecule has 2 saturated heterocycles. The summed E-state index contributed by atoms with van der Waals surface area (Å²) in [6.07, 6.45) is 7.99. The second kappa shape index (κ2) is 13.4. The summed E-state index contributed by atoms with van der Waals surface area (Å²) < 4.78 is 31.5. The minimum atomic E-state index is -1.01. The van der Waals surface area contributed by atoms with Gasteiger partial charge in [-0.3, -0.25) is 4.90 Å². The first-order valence-electron chi connectivity index (χ1n) is 20.5. The van der Waals surface area contributed by atoms with Crippen molar-refractivity contribution in [3.05, 3.63) is 0 Å². The van der Waals surface area contributed by atoms with Gasteiger partial charge in [0.15, 0.2) is 6.29 Å². The number of methoxy groups -OCH3 is 1. The highest BCUT2D eigenvalue weighted by Gasteiger charge is 2.84. The highest BCUT2D eigenvalue weighted by molar-refractivity contribution is 5.33. The van der Waals surface area contributed by atoms with Crippen LogP contribution in [-0.4, -0.2) is 117 Å². The van der Waals surface area contributed by atoms with E-state index in [1.807, 2.05) is 20.8 Å². The van der Waals surface area contributed by atoms with Crippen LogP contribution >= 0.6 is 0 Å². The first-order valence-corrected chi connectivity index (χ1v) is 20.5. The molecule has 2 aliphatic heterocycles. The molecule has 7 aliphatic rings. The van der Waals surface area contributed by atoms with Gasteiger partial charge in [0.05, 0.1) is 43.2 Å².